The van der Waals surface area contributed by atoms with Crippen molar-refractivity contribution in [3.8, 4) is 45.0 Å². The Hall–Kier alpha value is -5.68. The standard InChI is InChI=1S/C44H39N5/c1-43(2,3)41-46-39(47-42(48-41)44(4,5)6)30-23-21-28(22-24-30)32-25-26-36-34(27-32)37(29-15-9-7-10-16-29)38-33-19-13-14-20-35(33)45-40(49(36)38)31-17-11-8-12-18-31/h7-27H,1-6H3. The van der Waals surface area contributed by atoms with Gasteiger partial charge in [0.15, 0.2) is 5.82 Å². The zero-order valence-electron chi connectivity index (χ0n) is 28.9. The average Bonchev–Trinajstić information content (AvgIpc) is 3.46. The van der Waals surface area contributed by atoms with E-state index in [9.17, 15) is 0 Å². The molecule has 3 heterocycles. The van der Waals surface area contributed by atoms with Crippen molar-refractivity contribution in [3.05, 3.63) is 139 Å². The molecule has 0 atom stereocenters. The molecular formula is C44H39N5. The van der Waals surface area contributed by atoms with E-state index in [1.54, 1.807) is 0 Å². The molecule has 5 nitrogen and oxygen atoms in total. The van der Waals surface area contributed by atoms with Gasteiger partial charge in [-0.1, -0.05) is 151 Å². The first-order chi connectivity index (χ1) is 23.6. The first-order valence-electron chi connectivity index (χ1n) is 16.9. The molecule has 49 heavy (non-hydrogen) atoms. The number of para-hydroxylation sites is 1. The Bertz CT molecular complexity index is 2450. The second kappa shape index (κ2) is 11.5. The number of benzene rings is 5. The van der Waals surface area contributed by atoms with Gasteiger partial charge in [0.1, 0.15) is 17.5 Å². The van der Waals surface area contributed by atoms with Gasteiger partial charge in [-0.25, -0.2) is 19.9 Å². The molecular weight excluding hydrogens is 599 g/mol. The van der Waals surface area contributed by atoms with Gasteiger partial charge in [-0.2, -0.15) is 0 Å². The maximum atomic E-state index is 5.24. The molecule has 0 N–H and O–H groups in total. The lowest BCUT2D eigenvalue weighted by Gasteiger charge is -2.22. The van der Waals surface area contributed by atoms with Crippen molar-refractivity contribution in [2.45, 2.75) is 52.4 Å². The van der Waals surface area contributed by atoms with Crippen molar-refractivity contribution in [1.82, 2.24) is 24.3 Å². The summed E-state index contributed by atoms with van der Waals surface area (Å²) in [6.07, 6.45) is 0. The summed E-state index contributed by atoms with van der Waals surface area (Å²) in [6.45, 7) is 12.9. The third-order valence-electron chi connectivity index (χ3n) is 9.11. The van der Waals surface area contributed by atoms with Gasteiger partial charge in [0.2, 0.25) is 0 Å². The normalized spacial score (nSPS) is 12.3. The first-order valence-corrected chi connectivity index (χ1v) is 16.9. The Kier molecular flexibility index (Phi) is 7.18. The summed E-state index contributed by atoms with van der Waals surface area (Å²) in [5.41, 5.74) is 9.61. The molecule has 0 unspecified atom stereocenters. The molecule has 0 radical (unpaired) electrons. The van der Waals surface area contributed by atoms with E-state index < -0.39 is 0 Å². The highest BCUT2D eigenvalue weighted by molar-refractivity contribution is 6.15. The van der Waals surface area contributed by atoms with E-state index in [4.69, 9.17) is 19.9 Å². The zero-order chi connectivity index (χ0) is 33.9. The number of fused-ring (bicyclic) bond motifs is 5. The van der Waals surface area contributed by atoms with E-state index in [2.05, 4.69) is 173 Å². The van der Waals surface area contributed by atoms with Crippen LogP contribution in [-0.4, -0.2) is 24.3 Å². The summed E-state index contributed by atoms with van der Waals surface area (Å²) in [4.78, 5) is 20.0. The van der Waals surface area contributed by atoms with E-state index in [0.29, 0.717) is 5.82 Å². The number of hydrogen-bond acceptors (Lipinski definition) is 4. The van der Waals surface area contributed by atoms with E-state index >= 15 is 0 Å². The quantitative estimate of drug-likeness (QED) is 0.193. The van der Waals surface area contributed by atoms with Crippen LogP contribution >= 0.6 is 0 Å². The van der Waals surface area contributed by atoms with Gasteiger partial charge in [0, 0.05) is 38.3 Å². The minimum atomic E-state index is -0.189. The highest BCUT2D eigenvalue weighted by Gasteiger charge is 2.26. The molecule has 0 amide bonds. The lowest BCUT2D eigenvalue weighted by atomic mass is 9.93. The minimum absolute atomic E-state index is 0.189. The van der Waals surface area contributed by atoms with Gasteiger partial charge in [-0.05, 0) is 34.9 Å². The van der Waals surface area contributed by atoms with Gasteiger partial charge >= 0.3 is 0 Å². The van der Waals surface area contributed by atoms with Crippen LogP contribution in [0.25, 0.3) is 72.4 Å². The zero-order valence-corrected chi connectivity index (χ0v) is 28.9. The predicted octanol–water partition coefficient (Wildman–Crippen LogP) is 11.1. The summed E-state index contributed by atoms with van der Waals surface area (Å²) in [6, 6.07) is 45.1. The molecule has 0 saturated heterocycles. The van der Waals surface area contributed by atoms with Crippen LogP contribution in [0.5, 0.6) is 0 Å². The molecule has 3 aromatic heterocycles. The van der Waals surface area contributed by atoms with Gasteiger partial charge in [0.25, 0.3) is 0 Å². The SMILES string of the molecule is CC(C)(C)c1nc(-c2ccc(-c3ccc4c(c3)c(-c3ccccc3)c3c5ccccc5nc(-c5ccccc5)n43)cc2)nc(C(C)(C)C)n1. The lowest BCUT2D eigenvalue weighted by Crippen LogP contribution is -2.24. The van der Waals surface area contributed by atoms with Crippen LogP contribution in [0, 0.1) is 0 Å². The molecule has 0 aliphatic heterocycles. The van der Waals surface area contributed by atoms with Gasteiger partial charge in [-0.3, -0.25) is 4.40 Å². The van der Waals surface area contributed by atoms with Crippen LogP contribution in [0.15, 0.2) is 127 Å². The largest absolute Gasteiger partial charge is 0.293 e. The van der Waals surface area contributed by atoms with Crippen molar-refractivity contribution in [2.75, 3.05) is 0 Å². The number of rotatable bonds is 4. The molecule has 240 valence electrons. The second-order valence-corrected chi connectivity index (χ2v) is 14.9. The van der Waals surface area contributed by atoms with E-state index in [1.807, 2.05) is 0 Å². The second-order valence-electron chi connectivity index (χ2n) is 14.9. The Morgan fingerprint density at radius 2 is 1.00 bits per heavy atom. The highest BCUT2D eigenvalue weighted by atomic mass is 15.1. The fraction of sp³-hybridized carbons (Fsp3) is 0.182. The van der Waals surface area contributed by atoms with Crippen molar-refractivity contribution in [2.24, 2.45) is 0 Å². The molecule has 5 heteroatoms. The van der Waals surface area contributed by atoms with Gasteiger partial charge in [-0.15, -0.1) is 0 Å². The molecule has 0 bridgehead atoms. The summed E-state index contributed by atoms with van der Waals surface area (Å²) in [5, 5.41) is 2.31. The average molecular weight is 638 g/mol. The summed E-state index contributed by atoms with van der Waals surface area (Å²) >= 11 is 0. The molecule has 8 aromatic rings. The molecule has 8 rings (SSSR count). The fourth-order valence-electron chi connectivity index (χ4n) is 6.55. The summed E-state index contributed by atoms with van der Waals surface area (Å²) < 4.78 is 2.35. The van der Waals surface area contributed by atoms with Crippen LogP contribution in [0.4, 0.5) is 0 Å². The Morgan fingerprint density at radius 3 is 1.63 bits per heavy atom. The van der Waals surface area contributed by atoms with Crippen LogP contribution in [-0.2, 0) is 10.8 Å². The Balaban J connectivity index is 1.34. The predicted molar refractivity (Wildman–Crippen MR) is 203 cm³/mol. The molecule has 0 aliphatic carbocycles. The van der Waals surface area contributed by atoms with Gasteiger partial charge < -0.3 is 0 Å². The van der Waals surface area contributed by atoms with Crippen LogP contribution in [0.3, 0.4) is 0 Å². The number of nitrogens with zero attached hydrogens (tertiary/aromatic N) is 5. The monoisotopic (exact) mass is 637 g/mol. The Morgan fingerprint density at radius 1 is 0.449 bits per heavy atom. The number of aromatic nitrogens is 5. The summed E-state index contributed by atoms with van der Waals surface area (Å²) in [7, 11) is 0. The van der Waals surface area contributed by atoms with E-state index in [-0.39, 0.29) is 10.8 Å². The van der Waals surface area contributed by atoms with E-state index in [1.165, 1.54) is 16.5 Å². The van der Waals surface area contributed by atoms with Crippen molar-refractivity contribution in [3.63, 3.8) is 0 Å². The molecule has 5 aromatic carbocycles. The smallest absolute Gasteiger partial charge is 0.163 e. The highest BCUT2D eigenvalue weighted by Crippen LogP contribution is 2.42. The molecule has 0 fully saturated rings. The van der Waals surface area contributed by atoms with Crippen LogP contribution in [0.2, 0.25) is 0 Å². The fourth-order valence-corrected chi connectivity index (χ4v) is 6.55. The van der Waals surface area contributed by atoms with Crippen molar-refractivity contribution < 1.29 is 0 Å². The molecule has 0 spiro atoms. The van der Waals surface area contributed by atoms with Crippen molar-refractivity contribution >= 4 is 27.3 Å². The lowest BCUT2D eigenvalue weighted by molar-refractivity contribution is 0.497. The molecule has 0 aliphatic rings. The minimum Gasteiger partial charge on any atom is -0.293 e. The van der Waals surface area contributed by atoms with Crippen molar-refractivity contribution in [1.29, 1.82) is 0 Å². The summed E-state index contributed by atoms with van der Waals surface area (Å²) in [5.74, 6) is 3.26. The third kappa shape index (κ3) is 5.45. The molecule has 0 saturated carbocycles. The van der Waals surface area contributed by atoms with Gasteiger partial charge in [0.05, 0.1) is 16.6 Å². The maximum absolute atomic E-state index is 5.24. The van der Waals surface area contributed by atoms with Crippen LogP contribution < -0.4 is 0 Å². The first kappa shape index (κ1) is 30.6. The Labute approximate surface area is 287 Å². The topological polar surface area (TPSA) is 56.0 Å². The maximum Gasteiger partial charge on any atom is 0.163 e. The number of hydrogen-bond donors (Lipinski definition) is 0. The van der Waals surface area contributed by atoms with E-state index in [0.717, 1.165) is 61.7 Å². The van der Waals surface area contributed by atoms with Crippen LogP contribution in [0.1, 0.15) is 53.2 Å². The third-order valence-corrected chi connectivity index (χ3v) is 9.11.